The first-order chi connectivity index (χ1) is 10.9. The maximum atomic E-state index is 12.8. The summed E-state index contributed by atoms with van der Waals surface area (Å²) in [4.78, 5) is 14.6. The topological polar surface area (TPSA) is 29.5 Å². The minimum absolute atomic E-state index is 0.109. The fourth-order valence-corrected chi connectivity index (χ4v) is 2.66. The molecular formula is C20H25NO2. The van der Waals surface area contributed by atoms with E-state index < -0.39 is 5.41 Å². The summed E-state index contributed by atoms with van der Waals surface area (Å²) < 4.78 is 5.44. The molecule has 0 fully saturated rings. The summed E-state index contributed by atoms with van der Waals surface area (Å²) in [5, 5.41) is 0. The van der Waals surface area contributed by atoms with Gasteiger partial charge in [-0.3, -0.25) is 4.79 Å². The quantitative estimate of drug-likeness (QED) is 0.806. The lowest BCUT2D eigenvalue weighted by atomic mass is 9.83. The molecule has 2 aromatic rings. The van der Waals surface area contributed by atoms with E-state index in [-0.39, 0.29) is 5.91 Å². The Labute approximate surface area is 138 Å². The Hall–Kier alpha value is -2.29. The van der Waals surface area contributed by atoms with E-state index in [0.29, 0.717) is 13.2 Å². The predicted molar refractivity (Wildman–Crippen MR) is 93.6 cm³/mol. The maximum absolute atomic E-state index is 12.8. The number of nitrogens with zero attached hydrogens (tertiary/aromatic N) is 1. The Balaban J connectivity index is 2.07. The van der Waals surface area contributed by atoms with Gasteiger partial charge in [0.15, 0.2) is 0 Å². The number of likely N-dealkylation sites (N-methyl/N-ethyl adjacent to an activating group) is 1. The smallest absolute Gasteiger partial charge is 0.232 e. The van der Waals surface area contributed by atoms with Crippen molar-refractivity contribution in [3.8, 4) is 5.75 Å². The number of carbonyl (C=O) groups excluding carboxylic acids is 1. The van der Waals surface area contributed by atoms with E-state index in [1.807, 2.05) is 82.4 Å². The molecule has 0 N–H and O–H groups in total. The first-order valence-corrected chi connectivity index (χ1v) is 7.98. The van der Waals surface area contributed by atoms with Crippen LogP contribution in [0.5, 0.6) is 5.75 Å². The summed E-state index contributed by atoms with van der Waals surface area (Å²) in [7, 11) is 1.85. The average molecular weight is 311 g/mol. The van der Waals surface area contributed by atoms with E-state index in [1.165, 1.54) is 0 Å². The maximum Gasteiger partial charge on any atom is 0.232 e. The molecule has 0 heterocycles. The van der Waals surface area contributed by atoms with Crippen LogP contribution in [-0.4, -0.2) is 24.5 Å². The van der Waals surface area contributed by atoms with Crippen LogP contribution in [0, 0.1) is 0 Å². The molecular weight excluding hydrogens is 286 g/mol. The molecule has 0 aromatic heterocycles. The number of ether oxygens (including phenoxy) is 1. The van der Waals surface area contributed by atoms with Crippen molar-refractivity contribution in [1.29, 1.82) is 0 Å². The van der Waals surface area contributed by atoms with E-state index >= 15 is 0 Å². The van der Waals surface area contributed by atoms with Crippen LogP contribution >= 0.6 is 0 Å². The van der Waals surface area contributed by atoms with Crippen LogP contribution < -0.4 is 4.74 Å². The van der Waals surface area contributed by atoms with E-state index in [2.05, 4.69) is 0 Å². The first kappa shape index (κ1) is 17.1. The molecule has 1 amide bonds. The third-order valence-corrected chi connectivity index (χ3v) is 4.03. The van der Waals surface area contributed by atoms with Gasteiger partial charge in [-0.25, -0.2) is 0 Å². The van der Waals surface area contributed by atoms with Gasteiger partial charge in [-0.15, -0.1) is 0 Å². The minimum atomic E-state index is -0.540. The average Bonchev–Trinajstić information content (AvgIpc) is 2.57. The molecule has 3 heteroatoms. The Bertz CT molecular complexity index is 632. The first-order valence-electron chi connectivity index (χ1n) is 7.98. The van der Waals surface area contributed by atoms with Crippen LogP contribution in [0.4, 0.5) is 0 Å². The fraction of sp³-hybridized carbons (Fsp3) is 0.350. The Kier molecular flexibility index (Phi) is 5.43. The van der Waals surface area contributed by atoms with Gasteiger partial charge in [0.25, 0.3) is 0 Å². The Morgan fingerprint density at radius 3 is 2.22 bits per heavy atom. The van der Waals surface area contributed by atoms with Gasteiger partial charge in [0.05, 0.1) is 12.0 Å². The zero-order valence-electron chi connectivity index (χ0n) is 14.4. The number of hydrogen-bond donors (Lipinski definition) is 0. The van der Waals surface area contributed by atoms with Crippen molar-refractivity contribution in [2.75, 3.05) is 13.7 Å². The lowest BCUT2D eigenvalue weighted by molar-refractivity contribution is -0.135. The summed E-state index contributed by atoms with van der Waals surface area (Å²) in [6.07, 6.45) is 0. The summed E-state index contributed by atoms with van der Waals surface area (Å²) in [6, 6.07) is 17.8. The minimum Gasteiger partial charge on any atom is -0.494 e. The number of amides is 1. The molecule has 2 aromatic carbocycles. The van der Waals surface area contributed by atoms with Gasteiger partial charge in [-0.1, -0.05) is 42.5 Å². The molecule has 0 aliphatic carbocycles. The summed E-state index contributed by atoms with van der Waals surface area (Å²) in [5.41, 5.74) is 1.58. The highest BCUT2D eigenvalue weighted by atomic mass is 16.5. The van der Waals surface area contributed by atoms with Crippen molar-refractivity contribution in [3.63, 3.8) is 0 Å². The highest BCUT2D eigenvalue weighted by Gasteiger charge is 2.32. The predicted octanol–water partition coefficient (Wildman–Crippen LogP) is 4.02. The fourth-order valence-electron chi connectivity index (χ4n) is 2.66. The second kappa shape index (κ2) is 7.32. The molecule has 0 atom stereocenters. The van der Waals surface area contributed by atoms with Gasteiger partial charge >= 0.3 is 0 Å². The summed E-state index contributed by atoms with van der Waals surface area (Å²) >= 11 is 0. The third kappa shape index (κ3) is 4.13. The molecule has 0 unspecified atom stereocenters. The van der Waals surface area contributed by atoms with Gasteiger partial charge in [-0.2, -0.15) is 0 Å². The Morgan fingerprint density at radius 1 is 1.04 bits per heavy atom. The van der Waals surface area contributed by atoms with E-state index in [9.17, 15) is 4.79 Å². The third-order valence-electron chi connectivity index (χ3n) is 4.03. The molecule has 0 bridgehead atoms. The van der Waals surface area contributed by atoms with Crippen LogP contribution in [0.15, 0.2) is 54.6 Å². The van der Waals surface area contributed by atoms with Crippen molar-refractivity contribution in [2.24, 2.45) is 0 Å². The molecule has 0 aliphatic rings. The number of rotatable bonds is 6. The van der Waals surface area contributed by atoms with E-state index in [1.54, 1.807) is 4.90 Å². The van der Waals surface area contributed by atoms with Gasteiger partial charge in [-0.05, 0) is 44.0 Å². The zero-order valence-corrected chi connectivity index (χ0v) is 14.4. The van der Waals surface area contributed by atoms with Gasteiger partial charge in [0.1, 0.15) is 5.75 Å². The molecule has 0 saturated carbocycles. The molecule has 2 rings (SSSR count). The number of benzene rings is 2. The standard InChI is InChI=1S/C20H25NO2/c1-5-23-18-13-11-16(12-14-18)15-21(4)19(22)20(2,3)17-9-7-6-8-10-17/h6-14H,5,15H2,1-4H3. The van der Waals surface area contributed by atoms with Crippen LogP contribution in [-0.2, 0) is 16.8 Å². The Morgan fingerprint density at radius 2 is 1.65 bits per heavy atom. The van der Waals surface area contributed by atoms with E-state index in [4.69, 9.17) is 4.74 Å². The van der Waals surface area contributed by atoms with Crippen molar-refractivity contribution >= 4 is 5.91 Å². The summed E-state index contributed by atoms with van der Waals surface area (Å²) in [6.45, 7) is 7.15. The van der Waals surface area contributed by atoms with Crippen LogP contribution in [0.3, 0.4) is 0 Å². The van der Waals surface area contributed by atoms with Crippen molar-refractivity contribution < 1.29 is 9.53 Å². The molecule has 0 saturated heterocycles. The van der Waals surface area contributed by atoms with Crippen molar-refractivity contribution in [2.45, 2.75) is 32.7 Å². The van der Waals surface area contributed by atoms with E-state index in [0.717, 1.165) is 16.9 Å². The second-order valence-electron chi connectivity index (χ2n) is 6.23. The number of carbonyl (C=O) groups is 1. The molecule has 0 spiro atoms. The lowest BCUT2D eigenvalue weighted by Crippen LogP contribution is -2.40. The largest absolute Gasteiger partial charge is 0.494 e. The monoisotopic (exact) mass is 311 g/mol. The zero-order chi connectivity index (χ0) is 16.9. The second-order valence-corrected chi connectivity index (χ2v) is 6.23. The molecule has 0 aliphatic heterocycles. The van der Waals surface area contributed by atoms with Crippen LogP contribution in [0.1, 0.15) is 31.9 Å². The van der Waals surface area contributed by atoms with Gasteiger partial charge in [0.2, 0.25) is 5.91 Å². The van der Waals surface area contributed by atoms with Crippen molar-refractivity contribution in [3.05, 3.63) is 65.7 Å². The summed E-state index contributed by atoms with van der Waals surface area (Å²) in [5.74, 6) is 0.965. The molecule has 122 valence electrons. The van der Waals surface area contributed by atoms with Crippen molar-refractivity contribution in [1.82, 2.24) is 4.90 Å². The molecule has 3 nitrogen and oxygen atoms in total. The van der Waals surface area contributed by atoms with Crippen LogP contribution in [0.2, 0.25) is 0 Å². The molecule has 23 heavy (non-hydrogen) atoms. The van der Waals surface area contributed by atoms with Gasteiger partial charge < -0.3 is 9.64 Å². The SMILES string of the molecule is CCOc1ccc(CN(C)C(=O)C(C)(C)c2ccccc2)cc1. The highest BCUT2D eigenvalue weighted by molar-refractivity contribution is 5.87. The lowest BCUT2D eigenvalue weighted by Gasteiger charge is -2.30. The number of hydrogen-bond acceptors (Lipinski definition) is 2. The highest BCUT2D eigenvalue weighted by Crippen LogP contribution is 2.26. The van der Waals surface area contributed by atoms with Crippen LogP contribution in [0.25, 0.3) is 0 Å². The van der Waals surface area contributed by atoms with Gasteiger partial charge in [0, 0.05) is 13.6 Å². The molecule has 0 radical (unpaired) electrons. The normalized spacial score (nSPS) is 11.1.